The molecular formula is C6H8Se. The molecule has 1 aliphatic heterocycles. The molecule has 1 aliphatic rings. The van der Waals surface area contributed by atoms with E-state index in [1.165, 1.54) is 10.6 Å². The first-order chi connectivity index (χ1) is 3.50. The number of rotatable bonds is 0. The molecule has 1 heteroatoms. The van der Waals surface area contributed by atoms with Gasteiger partial charge in [-0.15, -0.1) is 0 Å². The molecule has 0 aromatic heterocycles. The van der Waals surface area contributed by atoms with Crippen LogP contribution in [0.25, 0.3) is 0 Å². The molecule has 1 rings (SSSR count). The van der Waals surface area contributed by atoms with Crippen LogP contribution in [0.3, 0.4) is 0 Å². The van der Waals surface area contributed by atoms with Crippen LogP contribution in [0.15, 0.2) is 24.3 Å². The van der Waals surface area contributed by atoms with Crippen molar-refractivity contribution in [3.05, 3.63) is 24.3 Å². The molecule has 0 radical (unpaired) electrons. The zero-order valence-corrected chi connectivity index (χ0v) is 5.84. The third kappa shape index (κ3) is 1.96. The van der Waals surface area contributed by atoms with E-state index in [4.69, 9.17) is 0 Å². The van der Waals surface area contributed by atoms with Crippen molar-refractivity contribution in [1.29, 1.82) is 0 Å². The topological polar surface area (TPSA) is 0 Å². The second-order valence-electron chi connectivity index (χ2n) is 1.39. The summed E-state index contributed by atoms with van der Waals surface area (Å²) in [4.78, 5) is 0. The molecule has 0 unspecified atom stereocenters. The Morgan fingerprint density at radius 2 is 1.57 bits per heavy atom. The Bertz CT molecular complexity index is 80.4. The van der Waals surface area contributed by atoms with Gasteiger partial charge in [0.15, 0.2) is 0 Å². The van der Waals surface area contributed by atoms with Gasteiger partial charge in [0.05, 0.1) is 0 Å². The van der Waals surface area contributed by atoms with E-state index >= 15 is 0 Å². The third-order valence-electron chi connectivity index (χ3n) is 0.811. The fourth-order valence-electron chi connectivity index (χ4n) is 0.472. The molecule has 0 N–H and O–H groups in total. The summed E-state index contributed by atoms with van der Waals surface area (Å²) in [6.07, 6.45) is 8.75. The van der Waals surface area contributed by atoms with E-state index in [1.807, 2.05) is 0 Å². The molecule has 38 valence electrons. The molecule has 0 bridgehead atoms. The quantitative estimate of drug-likeness (QED) is 0.471. The predicted octanol–water partition coefficient (Wildman–Crippen LogP) is 1.65. The fourth-order valence-corrected chi connectivity index (χ4v) is 1.80. The van der Waals surface area contributed by atoms with Gasteiger partial charge in [0.1, 0.15) is 0 Å². The maximum absolute atomic E-state index is 2.24. The summed E-state index contributed by atoms with van der Waals surface area (Å²) in [5.41, 5.74) is 0. The maximum atomic E-state index is 2.24. The summed E-state index contributed by atoms with van der Waals surface area (Å²) in [6.45, 7) is 0. The second kappa shape index (κ2) is 3.06. The molecule has 1 heterocycles. The van der Waals surface area contributed by atoms with Gasteiger partial charge in [0.25, 0.3) is 0 Å². The van der Waals surface area contributed by atoms with E-state index in [-0.39, 0.29) is 0 Å². The standard InChI is InChI=1S/C6H8Se/c1-2-4-6-7-5-3-1/h1-4H,5-6H2. The summed E-state index contributed by atoms with van der Waals surface area (Å²) >= 11 is 0.865. The summed E-state index contributed by atoms with van der Waals surface area (Å²) in [5.74, 6) is 0. The van der Waals surface area contributed by atoms with E-state index < -0.39 is 0 Å². The molecule has 0 saturated heterocycles. The minimum absolute atomic E-state index is 0.865. The first kappa shape index (κ1) is 5.14. The SMILES string of the molecule is C1=CC[Se]CC=C1. The molecule has 0 atom stereocenters. The zero-order valence-electron chi connectivity index (χ0n) is 4.13. The van der Waals surface area contributed by atoms with Crippen molar-refractivity contribution in [3.8, 4) is 0 Å². The van der Waals surface area contributed by atoms with Crippen molar-refractivity contribution in [3.63, 3.8) is 0 Å². The van der Waals surface area contributed by atoms with Gasteiger partial charge < -0.3 is 0 Å². The number of hydrogen-bond acceptors (Lipinski definition) is 0. The molecule has 0 nitrogen and oxygen atoms in total. The van der Waals surface area contributed by atoms with Gasteiger partial charge in [-0.2, -0.15) is 0 Å². The molecule has 0 saturated carbocycles. The fraction of sp³-hybridized carbons (Fsp3) is 0.333. The van der Waals surface area contributed by atoms with Gasteiger partial charge in [0.2, 0.25) is 0 Å². The normalized spacial score (nSPS) is 19.4. The zero-order chi connectivity index (χ0) is 4.95. The van der Waals surface area contributed by atoms with Crippen LogP contribution in [0, 0.1) is 0 Å². The van der Waals surface area contributed by atoms with Crippen LogP contribution in [0.5, 0.6) is 0 Å². The van der Waals surface area contributed by atoms with Crippen LogP contribution >= 0.6 is 0 Å². The molecule has 0 aromatic rings. The molecule has 7 heavy (non-hydrogen) atoms. The summed E-state index contributed by atoms with van der Waals surface area (Å²) < 4.78 is 0. The van der Waals surface area contributed by atoms with Crippen molar-refractivity contribution < 1.29 is 0 Å². The van der Waals surface area contributed by atoms with Gasteiger partial charge >= 0.3 is 49.9 Å². The first-order valence-electron chi connectivity index (χ1n) is 2.39. The summed E-state index contributed by atoms with van der Waals surface area (Å²) in [6, 6.07) is 0. The Morgan fingerprint density at radius 3 is 2.14 bits per heavy atom. The molecule has 0 spiro atoms. The van der Waals surface area contributed by atoms with Gasteiger partial charge in [-0.3, -0.25) is 0 Å². The molecule has 0 fully saturated rings. The van der Waals surface area contributed by atoms with E-state index in [1.54, 1.807) is 0 Å². The Morgan fingerprint density at radius 1 is 1.00 bits per heavy atom. The number of hydrogen-bond donors (Lipinski definition) is 0. The van der Waals surface area contributed by atoms with Crippen LogP contribution in [0.4, 0.5) is 0 Å². The van der Waals surface area contributed by atoms with Crippen molar-refractivity contribution in [1.82, 2.24) is 0 Å². The minimum atomic E-state index is 0.865. The average Bonchev–Trinajstić information content (AvgIpc) is 1.90. The van der Waals surface area contributed by atoms with Gasteiger partial charge in [-0.1, -0.05) is 0 Å². The molecule has 0 aliphatic carbocycles. The Balaban J connectivity index is 2.39. The first-order valence-corrected chi connectivity index (χ1v) is 4.82. The van der Waals surface area contributed by atoms with Crippen molar-refractivity contribution in [2.45, 2.75) is 10.6 Å². The average molecular weight is 159 g/mol. The van der Waals surface area contributed by atoms with Crippen LogP contribution in [0.1, 0.15) is 0 Å². The molecule has 0 aromatic carbocycles. The molecule has 0 amide bonds. The van der Waals surface area contributed by atoms with Crippen molar-refractivity contribution >= 4 is 15.0 Å². The van der Waals surface area contributed by atoms with Crippen LogP contribution in [0.2, 0.25) is 10.6 Å². The van der Waals surface area contributed by atoms with E-state index in [9.17, 15) is 0 Å². The Kier molecular flexibility index (Phi) is 2.25. The number of allylic oxidation sites excluding steroid dienone is 4. The van der Waals surface area contributed by atoms with Gasteiger partial charge in [-0.05, 0) is 0 Å². The predicted molar refractivity (Wildman–Crippen MR) is 33.6 cm³/mol. The van der Waals surface area contributed by atoms with Crippen LogP contribution < -0.4 is 0 Å². The second-order valence-corrected chi connectivity index (χ2v) is 3.65. The van der Waals surface area contributed by atoms with Crippen LogP contribution in [-0.2, 0) is 0 Å². The van der Waals surface area contributed by atoms with Gasteiger partial charge in [0, 0.05) is 0 Å². The van der Waals surface area contributed by atoms with E-state index in [0.717, 1.165) is 15.0 Å². The van der Waals surface area contributed by atoms with Crippen molar-refractivity contribution in [2.75, 3.05) is 0 Å². The summed E-state index contributed by atoms with van der Waals surface area (Å²) in [5, 5.41) is 2.64. The van der Waals surface area contributed by atoms with E-state index in [2.05, 4.69) is 24.3 Å². The summed E-state index contributed by atoms with van der Waals surface area (Å²) in [7, 11) is 0. The molecular weight excluding hydrogens is 151 g/mol. The Labute approximate surface area is 50.5 Å². The van der Waals surface area contributed by atoms with Crippen molar-refractivity contribution in [2.24, 2.45) is 0 Å². The van der Waals surface area contributed by atoms with E-state index in [0.29, 0.717) is 0 Å². The third-order valence-corrected chi connectivity index (χ3v) is 2.61. The monoisotopic (exact) mass is 160 g/mol. The van der Waals surface area contributed by atoms with Crippen LogP contribution in [-0.4, -0.2) is 15.0 Å². The Hall–Kier alpha value is -0.000519. The van der Waals surface area contributed by atoms with Gasteiger partial charge in [-0.25, -0.2) is 0 Å².